The lowest BCUT2D eigenvalue weighted by molar-refractivity contribution is -0.150. The van der Waals surface area contributed by atoms with E-state index in [1.165, 1.54) is 0 Å². The second-order valence-corrected chi connectivity index (χ2v) is 6.36. The van der Waals surface area contributed by atoms with Gasteiger partial charge in [0, 0.05) is 6.54 Å². The second-order valence-electron chi connectivity index (χ2n) is 6.36. The molecule has 0 aromatic heterocycles. The maximum atomic E-state index is 12.1. The van der Waals surface area contributed by atoms with Crippen LogP contribution >= 0.6 is 0 Å². The second kappa shape index (κ2) is 4.78. The summed E-state index contributed by atoms with van der Waals surface area (Å²) in [5.74, 6) is -0.886. The summed E-state index contributed by atoms with van der Waals surface area (Å²) >= 11 is 0. The summed E-state index contributed by atoms with van der Waals surface area (Å²) < 4.78 is 5.32. The maximum Gasteiger partial charge on any atom is 0.410 e. The third-order valence-electron chi connectivity index (χ3n) is 3.27. The van der Waals surface area contributed by atoms with Crippen LogP contribution in [-0.4, -0.2) is 40.3 Å². The standard InChI is InChI=1S/C13H23NO4/c1-12(2,3)18-11(17)14-8-6-7-9(14)13(4,5)10(15)16/h9H,6-8H2,1-5H3,(H,15,16). The molecule has 0 spiro atoms. The van der Waals surface area contributed by atoms with E-state index in [1.54, 1.807) is 39.5 Å². The van der Waals surface area contributed by atoms with Crippen molar-refractivity contribution < 1.29 is 19.4 Å². The van der Waals surface area contributed by atoms with Gasteiger partial charge in [0.1, 0.15) is 5.60 Å². The molecule has 0 aromatic carbocycles. The highest BCUT2D eigenvalue weighted by Crippen LogP contribution is 2.34. The van der Waals surface area contributed by atoms with Crippen LogP contribution < -0.4 is 0 Å². The minimum absolute atomic E-state index is 0.301. The van der Waals surface area contributed by atoms with E-state index in [9.17, 15) is 14.7 Å². The lowest BCUT2D eigenvalue weighted by atomic mass is 9.83. The van der Waals surface area contributed by atoms with E-state index in [0.717, 1.165) is 6.42 Å². The van der Waals surface area contributed by atoms with E-state index < -0.39 is 23.1 Å². The number of rotatable bonds is 2. The Morgan fingerprint density at radius 1 is 1.22 bits per heavy atom. The van der Waals surface area contributed by atoms with E-state index in [4.69, 9.17) is 4.74 Å². The average molecular weight is 257 g/mol. The lowest BCUT2D eigenvalue weighted by Crippen LogP contribution is -2.49. The molecule has 1 fully saturated rings. The van der Waals surface area contributed by atoms with Gasteiger partial charge in [-0.15, -0.1) is 0 Å². The minimum atomic E-state index is -0.951. The number of nitrogens with zero attached hydrogens (tertiary/aromatic N) is 1. The molecule has 1 aliphatic heterocycles. The molecule has 0 saturated carbocycles. The van der Waals surface area contributed by atoms with Crippen LogP contribution in [0.15, 0.2) is 0 Å². The quantitative estimate of drug-likeness (QED) is 0.825. The molecule has 18 heavy (non-hydrogen) atoms. The number of carbonyl (C=O) groups is 2. The Morgan fingerprint density at radius 2 is 1.78 bits per heavy atom. The summed E-state index contributed by atoms with van der Waals surface area (Å²) in [5.41, 5.74) is -1.51. The van der Waals surface area contributed by atoms with E-state index in [-0.39, 0.29) is 6.04 Å². The largest absolute Gasteiger partial charge is 0.481 e. The molecule has 104 valence electrons. The van der Waals surface area contributed by atoms with E-state index in [0.29, 0.717) is 13.0 Å². The number of likely N-dealkylation sites (tertiary alicyclic amines) is 1. The average Bonchev–Trinajstić information content (AvgIpc) is 2.62. The number of ether oxygens (including phenoxy) is 1. The molecular weight excluding hydrogens is 234 g/mol. The molecule has 1 heterocycles. The molecule has 1 aliphatic rings. The van der Waals surface area contributed by atoms with Gasteiger partial charge in [-0.1, -0.05) is 0 Å². The Labute approximate surface area is 108 Å². The van der Waals surface area contributed by atoms with Crippen molar-refractivity contribution in [1.82, 2.24) is 4.90 Å². The van der Waals surface area contributed by atoms with E-state index >= 15 is 0 Å². The van der Waals surface area contributed by atoms with Crippen LogP contribution in [0.3, 0.4) is 0 Å². The topological polar surface area (TPSA) is 66.8 Å². The molecule has 1 saturated heterocycles. The fourth-order valence-electron chi connectivity index (χ4n) is 2.20. The van der Waals surface area contributed by atoms with E-state index in [1.807, 2.05) is 0 Å². The smallest absolute Gasteiger partial charge is 0.410 e. The predicted octanol–water partition coefficient (Wildman–Crippen LogP) is 2.50. The molecule has 0 aromatic rings. The molecular formula is C13H23NO4. The monoisotopic (exact) mass is 257 g/mol. The van der Waals surface area contributed by atoms with Crippen molar-refractivity contribution in [1.29, 1.82) is 0 Å². The summed E-state index contributed by atoms with van der Waals surface area (Å²) in [6, 6.07) is -0.301. The van der Waals surface area contributed by atoms with Crippen molar-refractivity contribution in [3.8, 4) is 0 Å². The fourth-order valence-corrected chi connectivity index (χ4v) is 2.20. The molecule has 0 aliphatic carbocycles. The van der Waals surface area contributed by atoms with E-state index in [2.05, 4.69) is 0 Å². The molecule has 0 radical (unpaired) electrons. The Hall–Kier alpha value is -1.26. The van der Waals surface area contributed by atoms with Gasteiger partial charge in [-0.2, -0.15) is 0 Å². The van der Waals surface area contributed by atoms with Crippen LogP contribution in [-0.2, 0) is 9.53 Å². The normalized spacial score (nSPS) is 20.9. The highest BCUT2D eigenvalue weighted by atomic mass is 16.6. The van der Waals surface area contributed by atoms with Gasteiger partial charge in [-0.05, 0) is 47.5 Å². The fraction of sp³-hybridized carbons (Fsp3) is 0.846. The number of carbonyl (C=O) groups excluding carboxylic acids is 1. The van der Waals surface area contributed by atoms with Crippen molar-refractivity contribution in [2.24, 2.45) is 5.41 Å². The van der Waals surface area contributed by atoms with Gasteiger partial charge < -0.3 is 14.7 Å². The van der Waals surface area contributed by atoms with Gasteiger partial charge >= 0.3 is 12.1 Å². The molecule has 0 bridgehead atoms. The summed E-state index contributed by atoms with van der Waals surface area (Å²) in [4.78, 5) is 24.9. The first kappa shape index (κ1) is 14.8. The minimum Gasteiger partial charge on any atom is -0.481 e. The maximum absolute atomic E-state index is 12.1. The van der Waals surface area contributed by atoms with Gasteiger partial charge in [-0.3, -0.25) is 4.79 Å². The van der Waals surface area contributed by atoms with Gasteiger partial charge in [0.05, 0.1) is 11.5 Å². The third-order valence-corrected chi connectivity index (χ3v) is 3.27. The zero-order valence-corrected chi connectivity index (χ0v) is 11.8. The number of carboxylic acids is 1. The highest BCUT2D eigenvalue weighted by molar-refractivity contribution is 5.77. The van der Waals surface area contributed by atoms with Crippen LogP contribution in [0, 0.1) is 5.41 Å². The highest BCUT2D eigenvalue weighted by Gasteiger charge is 2.45. The molecule has 1 rings (SSSR count). The number of carboxylic acid groups (broad SMARTS) is 1. The van der Waals surface area contributed by atoms with Crippen molar-refractivity contribution >= 4 is 12.1 Å². The Morgan fingerprint density at radius 3 is 2.22 bits per heavy atom. The Bertz CT molecular complexity index is 343. The van der Waals surface area contributed by atoms with Crippen molar-refractivity contribution in [2.75, 3.05) is 6.54 Å². The first-order valence-electron chi connectivity index (χ1n) is 6.29. The molecule has 5 heteroatoms. The summed E-state index contributed by atoms with van der Waals surface area (Å²) in [7, 11) is 0. The Balaban J connectivity index is 2.83. The molecule has 5 nitrogen and oxygen atoms in total. The summed E-state index contributed by atoms with van der Waals surface area (Å²) in [6.07, 6.45) is 1.11. The SMILES string of the molecule is CC(C)(C)OC(=O)N1CCCC1C(C)(C)C(=O)O. The molecule has 1 N–H and O–H groups in total. The van der Waals surface area contributed by atoms with Crippen LogP contribution in [0.2, 0.25) is 0 Å². The van der Waals surface area contributed by atoms with Gasteiger partial charge in [0.15, 0.2) is 0 Å². The van der Waals surface area contributed by atoms with Crippen LogP contribution in [0.25, 0.3) is 0 Å². The number of hydrogen-bond donors (Lipinski definition) is 1. The first-order chi connectivity index (χ1) is 8.05. The zero-order chi connectivity index (χ0) is 14.1. The molecule has 1 atom stereocenters. The first-order valence-corrected chi connectivity index (χ1v) is 6.29. The predicted molar refractivity (Wildman–Crippen MR) is 67.4 cm³/mol. The zero-order valence-electron chi connectivity index (χ0n) is 11.8. The Kier molecular flexibility index (Phi) is 3.93. The number of aliphatic carboxylic acids is 1. The number of hydrogen-bond acceptors (Lipinski definition) is 3. The van der Waals surface area contributed by atoms with Crippen molar-refractivity contribution in [2.45, 2.75) is 59.1 Å². The van der Waals surface area contributed by atoms with Crippen molar-refractivity contribution in [3.63, 3.8) is 0 Å². The summed E-state index contributed by atoms with van der Waals surface area (Å²) in [5, 5.41) is 9.26. The summed E-state index contributed by atoms with van der Waals surface area (Å²) in [6.45, 7) is 9.29. The van der Waals surface area contributed by atoms with Gasteiger partial charge in [0.2, 0.25) is 0 Å². The van der Waals surface area contributed by atoms with Crippen LogP contribution in [0.5, 0.6) is 0 Å². The molecule has 1 amide bonds. The number of amides is 1. The van der Waals surface area contributed by atoms with Gasteiger partial charge in [0.25, 0.3) is 0 Å². The molecule has 1 unspecified atom stereocenters. The van der Waals surface area contributed by atoms with Gasteiger partial charge in [-0.25, -0.2) is 4.79 Å². The van der Waals surface area contributed by atoms with Crippen LogP contribution in [0.4, 0.5) is 4.79 Å². The van der Waals surface area contributed by atoms with Crippen molar-refractivity contribution in [3.05, 3.63) is 0 Å². The third kappa shape index (κ3) is 3.15. The van der Waals surface area contributed by atoms with Crippen LogP contribution in [0.1, 0.15) is 47.5 Å². The lowest BCUT2D eigenvalue weighted by Gasteiger charge is -2.35.